The van der Waals surface area contributed by atoms with Gasteiger partial charge in [0.05, 0.1) is 6.33 Å². The first-order chi connectivity index (χ1) is 6.27. The minimum Gasteiger partial charge on any atom is -0.215 e. The molecule has 1 aromatic carbocycles. The minimum atomic E-state index is -0.293. The van der Waals surface area contributed by atoms with E-state index in [4.69, 9.17) is 0 Å². The summed E-state index contributed by atoms with van der Waals surface area (Å²) in [6, 6.07) is 5.87. The molecule has 0 atom stereocenters. The van der Waals surface area contributed by atoms with E-state index in [1.54, 1.807) is 12.1 Å². The van der Waals surface area contributed by atoms with Crippen LogP contribution in [0.3, 0.4) is 0 Å². The van der Waals surface area contributed by atoms with E-state index < -0.39 is 0 Å². The van der Waals surface area contributed by atoms with Crippen molar-refractivity contribution in [2.75, 3.05) is 0 Å². The fraction of sp³-hybridized carbons (Fsp3) is 0.273. The Kier molecular flexibility index (Phi) is 3.62. The Hall–Kier alpha value is -1.18. The molecule has 13 heavy (non-hydrogen) atoms. The summed E-state index contributed by atoms with van der Waals surface area (Å²) < 4.78 is 24.9. The van der Waals surface area contributed by atoms with Crippen LogP contribution in [-0.4, -0.2) is 0 Å². The van der Waals surface area contributed by atoms with Crippen LogP contribution in [0.5, 0.6) is 0 Å². The molecule has 0 fully saturated rings. The highest BCUT2D eigenvalue weighted by atomic mass is 19.1. The van der Waals surface area contributed by atoms with Crippen LogP contribution in [-0.2, 0) is 0 Å². The molecule has 0 aliphatic carbocycles. The molecule has 0 aliphatic rings. The first kappa shape index (κ1) is 9.90. The van der Waals surface area contributed by atoms with Crippen LogP contribution < -0.4 is 0 Å². The lowest BCUT2D eigenvalue weighted by Gasteiger charge is -2.03. The summed E-state index contributed by atoms with van der Waals surface area (Å²) in [7, 11) is 0. The van der Waals surface area contributed by atoms with Gasteiger partial charge in [-0.2, -0.15) is 0 Å². The van der Waals surface area contributed by atoms with E-state index in [9.17, 15) is 8.78 Å². The molecule has 0 bridgehead atoms. The van der Waals surface area contributed by atoms with Gasteiger partial charge in [-0.05, 0) is 29.7 Å². The van der Waals surface area contributed by atoms with Crippen molar-refractivity contribution < 1.29 is 8.78 Å². The van der Waals surface area contributed by atoms with Gasteiger partial charge in [0, 0.05) is 0 Å². The first-order valence-corrected chi connectivity index (χ1v) is 4.33. The van der Waals surface area contributed by atoms with Crippen molar-refractivity contribution in [2.45, 2.75) is 19.8 Å². The van der Waals surface area contributed by atoms with Gasteiger partial charge in [-0.1, -0.05) is 25.5 Å². The summed E-state index contributed by atoms with van der Waals surface area (Å²) in [5, 5.41) is 0. The second-order valence-corrected chi connectivity index (χ2v) is 2.89. The lowest BCUT2D eigenvalue weighted by molar-refractivity contribution is 0.627. The molecule has 0 spiro atoms. The summed E-state index contributed by atoms with van der Waals surface area (Å²) in [4.78, 5) is 0. The maximum absolute atomic E-state index is 12.5. The van der Waals surface area contributed by atoms with Crippen LogP contribution in [0.25, 0.3) is 5.57 Å². The van der Waals surface area contributed by atoms with Gasteiger partial charge in [0.2, 0.25) is 0 Å². The molecular weight excluding hydrogens is 170 g/mol. The van der Waals surface area contributed by atoms with Crippen molar-refractivity contribution in [3.05, 3.63) is 42.0 Å². The smallest absolute Gasteiger partial charge is 0.123 e. The number of hydrogen-bond acceptors (Lipinski definition) is 0. The third-order valence-electron chi connectivity index (χ3n) is 1.87. The predicted octanol–water partition coefficient (Wildman–Crippen LogP) is 3.94. The number of allylic oxidation sites excluding steroid dienone is 1. The van der Waals surface area contributed by atoms with Gasteiger partial charge >= 0.3 is 0 Å². The zero-order chi connectivity index (χ0) is 9.68. The van der Waals surface area contributed by atoms with Crippen molar-refractivity contribution >= 4 is 5.57 Å². The summed E-state index contributed by atoms with van der Waals surface area (Å²) in [6.07, 6.45) is 2.16. The summed E-state index contributed by atoms with van der Waals surface area (Å²) >= 11 is 0. The normalized spacial score (nSPS) is 11.8. The summed E-state index contributed by atoms with van der Waals surface area (Å²) in [6.45, 7) is 1.98. The fourth-order valence-electron chi connectivity index (χ4n) is 1.20. The maximum atomic E-state index is 12.5. The van der Waals surface area contributed by atoms with Crippen molar-refractivity contribution in [3.8, 4) is 0 Å². The van der Waals surface area contributed by atoms with Crippen molar-refractivity contribution in [1.82, 2.24) is 0 Å². The Bertz CT molecular complexity index is 285. The third-order valence-corrected chi connectivity index (χ3v) is 1.87. The highest BCUT2D eigenvalue weighted by Crippen LogP contribution is 2.20. The summed E-state index contributed by atoms with van der Waals surface area (Å²) in [5.74, 6) is -0.293. The van der Waals surface area contributed by atoms with Crippen LogP contribution in [0.2, 0.25) is 0 Å². The molecule has 0 aromatic heterocycles. The average molecular weight is 182 g/mol. The monoisotopic (exact) mass is 182 g/mol. The molecule has 0 heterocycles. The van der Waals surface area contributed by atoms with Crippen molar-refractivity contribution in [1.29, 1.82) is 0 Å². The van der Waals surface area contributed by atoms with Crippen LogP contribution in [0.4, 0.5) is 8.78 Å². The Labute approximate surface area is 76.9 Å². The maximum Gasteiger partial charge on any atom is 0.123 e. The lowest BCUT2D eigenvalue weighted by Crippen LogP contribution is -1.84. The second kappa shape index (κ2) is 4.75. The third kappa shape index (κ3) is 2.65. The molecule has 2 heteroatoms. The second-order valence-electron chi connectivity index (χ2n) is 2.89. The van der Waals surface area contributed by atoms with E-state index in [1.165, 1.54) is 12.1 Å². The van der Waals surface area contributed by atoms with Gasteiger partial charge < -0.3 is 0 Å². The number of hydrogen-bond donors (Lipinski definition) is 0. The largest absolute Gasteiger partial charge is 0.215 e. The van der Waals surface area contributed by atoms with Crippen molar-refractivity contribution in [3.63, 3.8) is 0 Å². The van der Waals surface area contributed by atoms with Gasteiger partial charge in [-0.3, -0.25) is 0 Å². The zero-order valence-corrected chi connectivity index (χ0v) is 7.56. The van der Waals surface area contributed by atoms with Crippen LogP contribution >= 0.6 is 0 Å². The van der Waals surface area contributed by atoms with Crippen molar-refractivity contribution in [2.24, 2.45) is 0 Å². The molecule has 70 valence electrons. The molecule has 1 rings (SSSR count). The SMILES string of the molecule is CCCC(=CF)c1ccc(F)cc1. The minimum absolute atomic E-state index is 0.293. The lowest BCUT2D eigenvalue weighted by atomic mass is 10.0. The standard InChI is InChI=1S/C11H12F2/c1-2-3-10(8-12)9-4-6-11(13)7-5-9/h4-8H,2-3H2,1H3. The van der Waals surface area contributed by atoms with Gasteiger partial charge in [-0.25, -0.2) is 8.78 Å². The zero-order valence-electron chi connectivity index (χ0n) is 7.56. The molecule has 1 aromatic rings. The first-order valence-electron chi connectivity index (χ1n) is 4.33. The highest BCUT2D eigenvalue weighted by Gasteiger charge is 2.00. The van der Waals surface area contributed by atoms with E-state index in [2.05, 4.69) is 0 Å². The fourth-order valence-corrected chi connectivity index (χ4v) is 1.20. The molecule has 0 saturated carbocycles. The topological polar surface area (TPSA) is 0 Å². The van der Waals surface area contributed by atoms with E-state index in [0.29, 0.717) is 18.3 Å². The summed E-state index contributed by atoms with van der Waals surface area (Å²) in [5.41, 5.74) is 1.38. The molecule has 0 radical (unpaired) electrons. The molecule has 0 unspecified atom stereocenters. The van der Waals surface area contributed by atoms with Gasteiger partial charge in [0.1, 0.15) is 5.82 Å². The Morgan fingerprint density at radius 3 is 2.38 bits per heavy atom. The number of rotatable bonds is 3. The molecule has 0 N–H and O–H groups in total. The van der Waals surface area contributed by atoms with E-state index in [0.717, 1.165) is 12.0 Å². The number of benzene rings is 1. The number of halogens is 2. The van der Waals surface area contributed by atoms with Crippen LogP contribution in [0, 0.1) is 5.82 Å². The highest BCUT2D eigenvalue weighted by molar-refractivity contribution is 5.64. The predicted molar refractivity (Wildman–Crippen MR) is 50.4 cm³/mol. The Morgan fingerprint density at radius 1 is 1.31 bits per heavy atom. The van der Waals surface area contributed by atoms with Crippen LogP contribution in [0.15, 0.2) is 30.6 Å². The molecule has 0 amide bonds. The van der Waals surface area contributed by atoms with E-state index >= 15 is 0 Å². The Balaban J connectivity index is 2.87. The molecule has 0 saturated heterocycles. The average Bonchev–Trinajstić information content (AvgIpc) is 2.16. The van der Waals surface area contributed by atoms with Crippen LogP contribution in [0.1, 0.15) is 25.3 Å². The van der Waals surface area contributed by atoms with E-state index in [-0.39, 0.29) is 5.82 Å². The molecule has 0 aliphatic heterocycles. The van der Waals surface area contributed by atoms with Gasteiger partial charge in [0.15, 0.2) is 0 Å². The quantitative estimate of drug-likeness (QED) is 0.664. The van der Waals surface area contributed by atoms with Gasteiger partial charge in [-0.15, -0.1) is 0 Å². The van der Waals surface area contributed by atoms with E-state index in [1.807, 2.05) is 6.92 Å². The molecular formula is C11H12F2. The Morgan fingerprint density at radius 2 is 1.92 bits per heavy atom. The van der Waals surface area contributed by atoms with Gasteiger partial charge in [0.25, 0.3) is 0 Å². The molecule has 0 nitrogen and oxygen atoms in total.